The summed E-state index contributed by atoms with van der Waals surface area (Å²) in [5.74, 6) is 0.575. The molecule has 0 bridgehead atoms. The predicted molar refractivity (Wildman–Crippen MR) is 54.0 cm³/mol. The molecule has 4 heteroatoms. The number of aromatic nitrogens is 3. The van der Waals surface area contributed by atoms with E-state index in [-0.39, 0.29) is 11.7 Å². The lowest BCUT2D eigenvalue weighted by Crippen LogP contribution is -2.17. The van der Waals surface area contributed by atoms with Crippen LogP contribution in [0.3, 0.4) is 0 Å². The van der Waals surface area contributed by atoms with Gasteiger partial charge < -0.3 is 0 Å². The Hall–Kier alpha value is -1.19. The first-order valence-corrected chi connectivity index (χ1v) is 4.95. The Labute approximate surface area is 84.3 Å². The van der Waals surface area contributed by atoms with Crippen molar-refractivity contribution in [2.24, 2.45) is 11.8 Å². The summed E-state index contributed by atoms with van der Waals surface area (Å²) in [5, 5.41) is 7.68. The molecule has 0 atom stereocenters. The zero-order chi connectivity index (χ0) is 10.7. The zero-order valence-corrected chi connectivity index (χ0v) is 9.19. The van der Waals surface area contributed by atoms with E-state index in [0.717, 1.165) is 6.54 Å². The normalized spacial score (nSPS) is 11.3. The van der Waals surface area contributed by atoms with Crippen molar-refractivity contribution in [2.75, 3.05) is 0 Å². The van der Waals surface area contributed by atoms with Crippen LogP contribution < -0.4 is 0 Å². The lowest BCUT2D eigenvalue weighted by atomic mass is 10.1. The van der Waals surface area contributed by atoms with Gasteiger partial charge in [-0.1, -0.05) is 32.9 Å². The number of Topliss-reactive ketones (excluding diaryl/α,β-unsaturated/α-hetero) is 1. The zero-order valence-electron chi connectivity index (χ0n) is 9.19. The van der Waals surface area contributed by atoms with E-state index in [1.807, 2.05) is 13.8 Å². The molecule has 0 amide bonds. The maximum absolute atomic E-state index is 11.7. The average Bonchev–Trinajstić information content (AvgIpc) is 2.49. The summed E-state index contributed by atoms with van der Waals surface area (Å²) in [6.07, 6.45) is 1.55. The molecule has 1 aromatic heterocycles. The Morgan fingerprint density at radius 3 is 2.57 bits per heavy atom. The SMILES string of the molecule is CC(C)Cn1nncc1C(=O)C(C)C. The van der Waals surface area contributed by atoms with E-state index < -0.39 is 0 Å². The molecule has 1 rings (SSSR count). The highest BCUT2D eigenvalue weighted by Crippen LogP contribution is 2.08. The molecule has 1 heterocycles. The van der Waals surface area contributed by atoms with E-state index in [1.54, 1.807) is 10.9 Å². The van der Waals surface area contributed by atoms with Crippen LogP contribution in [0, 0.1) is 11.8 Å². The van der Waals surface area contributed by atoms with Crippen molar-refractivity contribution in [3.63, 3.8) is 0 Å². The lowest BCUT2D eigenvalue weighted by molar-refractivity contribution is 0.0927. The minimum atomic E-state index is -0.000544. The molecule has 0 aliphatic rings. The fraction of sp³-hybridized carbons (Fsp3) is 0.700. The Kier molecular flexibility index (Phi) is 3.38. The maximum atomic E-state index is 11.7. The first kappa shape index (κ1) is 10.9. The Morgan fingerprint density at radius 2 is 2.07 bits per heavy atom. The van der Waals surface area contributed by atoms with Crippen molar-refractivity contribution < 1.29 is 4.79 Å². The van der Waals surface area contributed by atoms with Crippen LogP contribution in [-0.4, -0.2) is 20.8 Å². The maximum Gasteiger partial charge on any atom is 0.185 e. The van der Waals surface area contributed by atoms with E-state index >= 15 is 0 Å². The van der Waals surface area contributed by atoms with Crippen LogP contribution >= 0.6 is 0 Å². The number of rotatable bonds is 4. The summed E-state index contributed by atoms with van der Waals surface area (Å²) in [6.45, 7) is 8.69. The van der Waals surface area contributed by atoms with Crippen molar-refractivity contribution >= 4 is 5.78 Å². The van der Waals surface area contributed by atoms with Gasteiger partial charge in [-0.15, -0.1) is 5.10 Å². The molecule has 14 heavy (non-hydrogen) atoms. The minimum Gasteiger partial charge on any atom is -0.292 e. The van der Waals surface area contributed by atoms with E-state index in [4.69, 9.17) is 0 Å². The standard InChI is InChI=1S/C10H17N3O/c1-7(2)6-13-9(5-11-12-13)10(14)8(3)4/h5,7-8H,6H2,1-4H3. The average molecular weight is 195 g/mol. The first-order valence-electron chi connectivity index (χ1n) is 4.95. The van der Waals surface area contributed by atoms with E-state index in [9.17, 15) is 4.79 Å². The van der Waals surface area contributed by atoms with E-state index in [2.05, 4.69) is 24.2 Å². The number of carbonyl (C=O) groups is 1. The van der Waals surface area contributed by atoms with Crippen LogP contribution in [-0.2, 0) is 6.54 Å². The number of carbonyl (C=O) groups excluding carboxylic acids is 1. The number of nitrogens with zero attached hydrogens (tertiary/aromatic N) is 3. The smallest absolute Gasteiger partial charge is 0.185 e. The number of hydrogen-bond acceptors (Lipinski definition) is 3. The molecule has 4 nitrogen and oxygen atoms in total. The van der Waals surface area contributed by atoms with Gasteiger partial charge in [0.2, 0.25) is 0 Å². The van der Waals surface area contributed by atoms with Gasteiger partial charge in [0.25, 0.3) is 0 Å². The van der Waals surface area contributed by atoms with Gasteiger partial charge >= 0.3 is 0 Å². The van der Waals surface area contributed by atoms with Crippen LogP contribution in [0.4, 0.5) is 0 Å². The second kappa shape index (κ2) is 4.35. The predicted octanol–water partition coefficient (Wildman–Crippen LogP) is 1.77. The molecule has 0 radical (unpaired) electrons. The van der Waals surface area contributed by atoms with Crippen LogP contribution in [0.1, 0.15) is 38.2 Å². The summed E-state index contributed by atoms with van der Waals surface area (Å²) in [7, 11) is 0. The van der Waals surface area contributed by atoms with Crippen molar-refractivity contribution in [1.82, 2.24) is 15.0 Å². The topological polar surface area (TPSA) is 47.8 Å². The molecule has 0 spiro atoms. The third-order valence-electron chi connectivity index (χ3n) is 1.93. The van der Waals surface area contributed by atoms with Crippen molar-refractivity contribution in [2.45, 2.75) is 34.2 Å². The first-order chi connectivity index (χ1) is 6.52. The van der Waals surface area contributed by atoms with Gasteiger partial charge in [0.1, 0.15) is 5.69 Å². The van der Waals surface area contributed by atoms with Crippen LogP contribution in [0.15, 0.2) is 6.20 Å². The lowest BCUT2D eigenvalue weighted by Gasteiger charge is -2.08. The molecule has 0 aliphatic carbocycles. The molecule has 0 unspecified atom stereocenters. The molecular weight excluding hydrogens is 178 g/mol. The molecule has 0 saturated heterocycles. The molecule has 0 fully saturated rings. The second-order valence-corrected chi connectivity index (χ2v) is 4.21. The second-order valence-electron chi connectivity index (χ2n) is 4.21. The third kappa shape index (κ3) is 2.40. The minimum absolute atomic E-state index is 0.000544. The van der Waals surface area contributed by atoms with Gasteiger partial charge in [0, 0.05) is 12.5 Å². The van der Waals surface area contributed by atoms with Crippen molar-refractivity contribution in [3.8, 4) is 0 Å². The van der Waals surface area contributed by atoms with E-state index in [0.29, 0.717) is 11.6 Å². The molecule has 0 saturated carbocycles. The van der Waals surface area contributed by atoms with E-state index in [1.165, 1.54) is 0 Å². The highest BCUT2D eigenvalue weighted by atomic mass is 16.1. The summed E-state index contributed by atoms with van der Waals surface area (Å²) < 4.78 is 1.69. The molecule has 78 valence electrons. The van der Waals surface area contributed by atoms with Crippen LogP contribution in [0.25, 0.3) is 0 Å². The molecular formula is C10H17N3O. The third-order valence-corrected chi connectivity index (χ3v) is 1.93. The van der Waals surface area contributed by atoms with Crippen molar-refractivity contribution in [1.29, 1.82) is 0 Å². The van der Waals surface area contributed by atoms with Gasteiger partial charge in [-0.3, -0.25) is 4.79 Å². The summed E-state index contributed by atoms with van der Waals surface area (Å²) in [6, 6.07) is 0. The molecule has 1 aromatic rings. The fourth-order valence-corrected chi connectivity index (χ4v) is 1.22. The summed E-state index contributed by atoms with van der Waals surface area (Å²) in [4.78, 5) is 11.7. The largest absolute Gasteiger partial charge is 0.292 e. The molecule has 0 aliphatic heterocycles. The highest BCUT2D eigenvalue weighted by Gasteiger charge is 2.16. The Balaban J connectivity index is 2.87. The van der Waals surface area contributed by atoms with Crippen LogP contribution in [0.2, 0.25) is 0 Å². The molecule has 0 aromatic carbocycles. The van der Waals surface area contributed by atoms with Gasteiger partial charge in [-0.05, 0) is 5.92 Å². The van der Waals surface area contributed by atoms with Gasteiger partial charge in [0.05, 0.1) is 6.20 Å². The van der Waals surface area contributed by atoms with Gasteiger partial charge in [0.15, 0.2) is 5.78 Å². The fourth-order valence-electron chi connectivity index (χ4n) is 1.22. The highest BCUT2D eigenvalue weighted by molar-refractivity contribution is 5.95. The Bertz CT molecular complexity index is 315. The monoisotopic (exact) mass is 195 g/mol. The summed E-state index contributed by atoms with van der Waals surface area (Å²) in [5.41, 5.74) is 0.619. The number of hydrogen-bond donors (Lipinski definition) is 0. The quantitative estimate of drug-likeness (QED) is 0.688. The van der Waals surface area contributed by atoms with Gasteiger partial charge in [-0.2, -0.15) is 0 Å². The Morgan fingerprint density at radius 1 is 1.43 bits per heavy atom. The van der Waals surface area contributed by atoms with Crippen LogP contribution in [0.5, 0.6) is 0 Å². The summed E-state index contributed by atoms with van der Waals surface area (Å²) >= 11 is 0. The van der Waals surface area contributed by atoms with Crippen molar-refractivity contribution in [3.05, 3.63) is 11.9 Å². The number of ketones is 1. The molecule has 0 N–H and O–H groups in total. The van der Waals surface area contributed by atoms with Gasteiger partial charge in [-0.25, -0.2) is 4.68 Å².